The van der Waals surface area contributed by atoms with Crippen LogP contribution in [0.3, 0.4) is 0 Å². The molecule has 0 aromatic carbocycles. The van der Waals surface area contributed by atoms with E-state index in [0.29, 0.717) is 0 Å². The lowest BCUT2D eigenvalue weighted by Crippen LogP contribution is -2.20. The summed E-state index contributed by atoms with van der Waals surface area (Å²) < 4.78 is 4.40. The highest BCUT2D eigenvalue weighted by Crippen LogP contribution is 2.18. The molecule has 0 aliphatic carbocycles. The molecule has 0 aliphatic rings. The van der Waals surface area contributed by atoms with Gasteiger partial charge in [-0.05, 0) is 32.9 Å². The first-order chi connectivity index (χ1) is 5.59. The molecule has 0 unspecified atom stereocenters. The quantitative estimate of drug-likeness (QED) is 0.563. The average Bonchev–Trinajstić information content (AvgIpc) is 2.37. The van der Waals surface area contributed by atoms with Crippen molar-refractivity contribution in [1.29, 1.82) is 0 Å². The van der Waals surface area contributed by atoms with Gasteiger partial charge in [-0.15, -0.1) is 0 Å². The first-order valence-electron chi connectivity index (χ1n) is 4.23. The SMILES string of the molecule is CC(C)(C)n1ccn2cccc12. The average molecular weight is 162 g/mol. The van der Waals surface area contributed by atoms with Gasteiger partial charge < -0.3 is 8.97 Å². The van der Waals surface area contributed by atoms with Crippen LogP contribution in [-0.4, -0.2) is 8.97 Å². The molecule has 0 fully saturated rings. The Balaban J connectivity index is 2.69. The Bertz CT molecular complexity index is 387. The maximum atomic E-state index is 2.27. The van der Waals surface area contributed by atoms with Crippen LogP contribution in [0.1, 0.15) is 20.8 Å². The molecule has 0 radical (unpaired) electrons. The molecule has 0 amide bonds. The zero-order chi connectivity index (χ0) is 8.77. The van der Waals surface area contributed by atoms with Gasteiger partial charge >= 0.3 is 0 Å². The van der Waals surface area contributed by atoms with Gasteiger partial charge in [0.1, 0.15) is 5.65 Å². The summed E-state index contributed by atoms with van der Waals surface area (Å²) in [5.41, 5.74) is 1.42. The molecule has 2 heteroatoms. The van der Waals surface area contributed by atoms with Crippen LogP contribution in [0.15, 0.2) is 30.7 Å². The predicted octanol–water partition coefficient (Wildman–Crippen LogP) is 2.50. The number of hydrogen-bond acceptors (Lipinski definition) is 0. The van der Waals surface area contributed by atoms with Crippen molar-refractivity contribution in [3.63, 3.8) is 0 Å². The molecule has 0 bridgehead atoms. The third kappa shape index (κ3) is 0.951. The third-order valence-corrected chi connectivity index (χ3v) is 2.10. The van der Waals surface area contributed by atoms with E-state index in [2.05, 4.69) is 60.5 Å². The van der Waals surface area contributed by atoms with Gasteiger partial charge in [0, 0.05) is 24.1 Å². The number of nitrogens with zero attached hydrogens (tertiary/aromatic N) is 2. The van der Waals surface area contributed by atoms with E-state index in [1.807, 2.05) is 0 Å². The lowest BCUT2D eigenvalue weighted by Gasteiger charge is -2.21. The Morgan fingerprint density at radius 3 is 2.50 bits per heavy atom. The highest BCUT2D eigenvalue weighted by Gasteiger charge is 2.14. The second-order valence-corrected chi connectivity index (χ2v) is 4.11. The predicted molar refractivity (Wildman–Crippen MR) is 50.4 cm³/mol. The van der Waals surface area contributed by atoms with Crippen LogP contribution in [-0.2, 0) is 5.54 Å². The van der Waals surface area contributed by atoms with Gasteiger partial charge in [0.2, 0.25) is 0 Å². The van der Waals surface area contributed by atoms with Crippen molar-refractivity contribution in [2.45, 2.75) is 26.3 Å². The van der Waals surface area contributed by atoms with Crippen LogP contribution in [0.5, 0.6) is 0 Å². The van der Waals surface area contributed by atoms with Crippen LogP contribution >= 0.6 is 0 Å². The van der Waals surface area contributed by atoms with Crippen molar-refractivity contribution in [3.8, 4) is 0 Å². The van der Waals surface area contributed by atoms with Crippen LogP contribution in [0.25, 0.3) is 5.65 Å². The standard InChI is InChI=1S/C10H14N2/c1-10(2,3)12-8-7-11-6-4-5-9(11)12/h4-8H,1-3H3. The zero-order valence-electron chi connectivity index (χ0n) is 7.78. The fraction of sp³-hybridized carbons (Fsp3) is 0.400. The van der Waals surface area contributed by atoms with E-state index in [1.165, 1.54) is 5.65 Å². The molecule has 0 N–H and O–H groups in total. The van der Waals surface area contributed by atoms with Crippen molar-refractivity contribution in [3.05, 3.63) is 30.7 Å². The first kappa shape index (κ1) is 7.47. The van der Waals surface area contributed by atoms with Crippen molar-refractivity contribution < 1.29 is 0 Å². The van der Waals surface area contributed by atoms with E-state index >= 15 is 0 Å². The molecule has 2 aromatic rings. The summed E-state index contributed by atoms with van der Waals surface area (Å²) in [6.07, 6.45) is 6.27. The maximum Gasteiger partial charge on any atom is 0.117 e. The second kappa shape index (κ2) is 2.16. The van der Waals surface area contributed by atoms with Gasteiger partial charge in [0.25, 0.3) is 0 Å². The minimum absolute atomic E-state index is 0.170. The van der Waals surface area contributed by atoms with Gasteiger partial charge in [-0.3, -0.25) is 0 Å². The smallest absolute Gasteiger partial charge is 0.117 e. The van der Waals surface area contributed by atoms with Crippen LogP contribution in [0, 0.1) is 0 Å². The number of rotatable bonds is 0. The molecular formula is C10H14N2. The lowest BCUT2D eigenvalue weighted by molar-refractivity contribution is 0.409. The second-order valence-electron chi connectivity index (χ2n) is 4.11. The Morgan fingerprint density at radius 2 is 1.83 bits per heavy atom. The van der Waals surface area contributed by atoms with E-state index in [9.17, 15) is 0 Å². The molecule has 12 heavy (non-hydrogen) atoms. The van der Waals surface area contributed by atoms with Crippen LogP contribution in [0.4, 0.5) is 0 Å². The Labute approximate surface area is 72.4 Å². The van der Waals surface area contributed by atoms with Gasteiger partial charge in [0.15, 0.2) is 0 Å². The fourth-order valence-electron chi connectivity index (χ4n) is 1.50. The van der Waals surface area contributed by atoms with E-state index in [0.717, 1.165) is 0 Å². The molecule has 0 aliphatic heterocycles. The summed E-state index contributed by atoms with van der Waals surface area (Å²) >= 11 is 0. The fourth-order valence-corrected chi connectivity index (χ4v) is 1.50. The summed E-state index contributed by atoms with van der Waals surface area (Å²) in [4.78, 5) is 0. The molecule has 2 nitrogen and oxygen atoms in total. The van der Waals surface area contributed by atoms with E-state index < -0.39 is 0 Å². The summed E-state index contributed by atoms with van der Waals surface area (Å²) in [5, 5.41) is 0. The Hall–Kier alpha value is -1.18. The molecule has 2 aromatic heterocycles. The van der Waals surface area contributed by atoms with E-state index in [1.54, 1.807) is 0 Å². The summed E-state index contributed by atoms with van der Waals surface area (Å²) in [6.45, 7) is 6.62. The number of fused-ring (bicyclic) bond motifs is 1. The third-order valence-electron chi connectivity index (χ3n) is 2.10. The minimum Gasteiger partial charge on any atom is -0.327 e. The first-order valence-corrected chi connectivity index (χ1v) is 4.23. The Kier molecular flexibility index (Phi) is 1.34. The molecule has 2 heterocycles. The topological polar surface area (TPSA) is 9.34 Å². The number of aromatic nitrogens is 2. The summed E-state index contributed by atoms with van der Waals surface area (Å²) in [7, 11) is 0. The molecule has 64 valence electrons. The van der Waals surface area contributed by atoms with Gasteiger partial charge in [-0.25, -0.2) is 0 Å². The Morgan fingerprint density at radius 1 is 1.08 bits per heavy atom. The summed E-state index contributed by atoms with van der Waals surface area (Å²) in [5.74, 6) is 0. The monoisotopic (exact) mass is 162 g/mol. The van der Waals surface area contributed by atoms with Crippen LogP contribution in [0.2, 0.25) is 0 Å². The van der Waals surface area contributed by atoms with Gasteiger partial charge in [-0.1, -0.05) is 0 Å². The van der Waals surface area contributed by atoms with Crippen molar-refractivity contribution in [2.75, 3.05) is 0 Å². The molecule has 0 spiro atoms. The molecule has 0 saturated heterocycles. The molecular weight excluding hydrogens is 148 g/mol. The highest BCUT2D eigenvalue weighted by atomic mass is 15.1. The number of imidazole rings is 1. The molecule has 0 saturated carbocycles. The summed E-state index contributed by atoms with van der Waals surface area (Å²) in [6, 6.07) is 4.20. The lowest BCUT2D eigenvalue weighted by atomic mass is 10.1. The molecule has 2 rings (SSSR count). The molecule has 0 atom stereocenters. The zero-order valence-corrected chi connectivity index (χ0v) is 7.78. The normalized spacial score (nSPS) is 12.6. The van der Waals surface area contributed by atoms with Gasteiger partial charge in [0.05, 0.1) is 0 Å². The van der Waals surface area contributed by atoms with Crippen molar-refractivity contribution >= 4 is 5.65 Å². The van der Waals surface area contributed by atoms with Gasteiger partial charge in [-0.2, -0.15) is 0 Å². The van der Waals surface area contributed by atoms with Crippen molar-refractivity contribution in [2.24, 2.45) is 0 Å². The number of hydrogen-bond donors (Lipinski definition) is 0. The maximum absolute atomic E-state index is 2.27. The van der Waals surface area contributed by atoms with Crippen molar-refractivity contribution in [1.82, 2.24) is 8.97 Å². The van der Waals surface area contributed by atoms with Crippen LogP contribution < -0.4 is 0 Å². The highest BCUT2D eigenvalue weighted by molar-refractivity contribution is 5.41. The van der Waals surface area contributed by atoms with E-state index in [4.69, 9.17) is 0 Å². The minimum atomic E-state index is 0.170. The largest absolute Gasteiger partial charge is 0.327 e. The van der Waals surface area contributed by atoms with E-state index in [-0.39, 0.29) is 5.54 Å².